The lowest BCUT2D eigenvalue weighted by Crippen LogP contribution is -2.31. The second kappa shape index (κ2) is 9.00. The lowest BCUT2D eigenvalue weighted by atomic mass is 9.63. The fourth-order valence-corrected chi connectivity index (χ4v) is 5.22. The highest BCUT2D eigenvalue weighted by Gasteiger charge is 2.34. The zero-order valence-corrected chi connectivity index (χ0v) is 15.4. The number of rotatable bonds is 7. The average Bonchev–Trinajstić information content (AvgIpc) is 2.61. The van der Waals surface area contributed by atoms with Gasteiger partial charge in [0.15, 0.2) is 0 Å². The minimum absolute atomic E-state index is 0.253. The molecule has 2 aliphatic rings. The third kappa shape index (κ3) is 5.43. The van der Waals surface area contributed by atoms with E-state index in [4.69, 9.17) is 0 Å². The van der Waals surface area contributed by atoms with Crippen LogP contribution in [0.15, 0.2) is 24.3 Å². The summed E-state index contributed by atoms with van der Waals surface area (Å²) < 4.78 is 28.8. The maximum absolute atomic E-state index is 12.2. The Morgan fingerprint density at radius 1 is 0.920 bits per heavy atom. The Hall–Kier alpha value is -1.12. The number of hydrogen-bond acceptors (Lipinski definition) is 1. The SMILES string of the molecule is CCCC1CCC2CC(CCc3ccc(OC(F)F)cc3)CCC2C1. The second-order valence-corrected chi connectivity index (χ2v) is 8.23. The molecule has 0 heterocycles. The van der Waals surface area contributed by atoms with Gasteiger partial charge in [0.25, 0.3) is 0 Å². The molecule has 1 aromatic rings. The van der Waals surface area contributed by atoms with Crippen molar-refractivity contribution >= 4 is 0 Å². The van der Waals surface area contributed by atoms with E-state index in [0.717, 1.165) is 30.1 Å². The Morgan fingerprint density at radius 3 is 2.08 bits per heavy atom. The molecule has 3 heteroatoms. The summed E-state index contributed by atoms with van der Waals surface area (Å²) >= 11 is 0. The van der Waals surface area contributed by atoms with Gasteiger partial charge in [0, 0.05) is 0 Å². The summed E-state index contributed by atoms with van der Waals surface area (Å²) in [5, 5.41) is 0. The Labute approximate surface area is 151 Å². The molecule has 0 bridgehead atoms. The second-order valence-electron chi connectivity index (χ2n) is 8.23. The van der Waals surface area contributed by atoms with Crippen LogP contribution in [0.5, 0.6) is 5.75 Å². The zero-order chi connectivity index (χ0) is 17.6. The first-order valence-corrected chi connectivity index (χ1v) is 10.2. The van der Waals surface area contributed by atoms with Crippen molar-refractivity contribution in [3.8, 4) is 5.75 Å². The van der Waals surface area contributed by atoms with E-state index in [0.29, 0.717) is 0 Å². The summed E-state index contributed by atoms with van der Waals surface area (Å²) in [5.74, 6) is 4.06. The fraction of sp³-hybridized carbons (Fsp3) is 0.727. The summed E-state index contributed by atoms with van der Waals surface area (Å²) in [4.78, 5) is 0. The number of ether oxygens (including phenoxy) is 1. The standard InChI is InChI=1S/C22H32F2O/c1-2-3-17-6-10-20-15-18(7-11-19(20)14-17)5-4-16-8-12-21(13-9-16)25-22(23)24/h8-9,12-13,17-20,22H,2-7,10-11,14-15H2,1H3. The van der Waals surface area contributed by atoms with E-state index in [9.17, 15) is 8.78 Å². The van der Waals surface area contributed by atoms with Crippen LogP contribution in [0.4, 0.5) is 8.78 Å². The molecule has 1 nitrogen and oxygen atoms in total. The van der Waals surface area contributed by atoms with Crippen LogP contribution < -0.4 is 4.74 Å². The van der Waals surface area contributed by atoms with Crippen molar-refractivity contribution in [2.75, 3.05) is 0 Å². The highest BCUT2D eigenvalue weighted by atomic mass is 19.3. The van der Waals surface area contributed by atoms with Gasteiger partial charge in [-0.2, -0.15) is 8.78 Å². The molecule has 0 radical (unpaired) electrons. The van der Waals surface area contributed by atoms with Crippen molar-refractivity contribution in [2.45, 2.75) is 77.7 Å². The van der Waals surface area contributed by atoms with Crippen molar-refractivity contribution in [1.29, 1.82) is 0 Å². The van der Waals surface area contributed by atoms with Gasteiger partial charge in [-0.3, -0.25) is 0 Å². The molecule has 1 aromatic carbocycles. The van der Waals surface area contributed by atoms with Gasteiger partial charge < -0.3 is 4.74 Å². The average molecular weight is 350 g/mol. The summed E-state index contributed by atoms with van der Waals surface area (Å²) in [6, 6.07) is 7.18. The van der Waals surface area contributed by atoms with Crippen molar-refractivity contribution in [3.63, 3.8) is 0 Å². The highest BCUT2D eigenvalue weighted by molar-refractivity contribution is 5.27. The summed E-state index contributed by atoms with van der Waals surface area (Å²) in [6.45, 7) is -0.428. The quantitative estimate of drug-likeness (QED) is 0.522. The maximum atomic E-state index is 12.2. The number of benzene rings is 1. The molecule has 4 atom stereocenters. The van der Waals surface area contributed by atoms with Crippen LogP contribution in [0.25, 0.3) is 0 Å². The van der Waals surface area contributed by atoms with Gasteiger partial charge in [0.05, 0.1) is 0 Å². The molecule has 0 amide bonds. The number of fused-ring (bicyclic) bond motifs is 1. The summed E-state index contributed by atoms with van der Waals surface area (Å²) in [6.07, 6.45) is 13.7. The van der Waals surface area contributed by atoms with E-state index in [1.807, 2.05) is 12.1 Å². The van der Waals surface area contributed by atoms with Gasteiger partial charge in [-0.15, -0.1) is 0 Å². The molecule has 0 aliphatic heterocycles. The minimum Gasteiger partial charge on any atom is -0.435 e. The van der Waals surface area contributed by atoms with Crippen LogP contribution in [0, 0.1) is 23.7 Å². The van der Waals surface area contributed by atoms with Gasteiger partial charge in [-0.05, 0) is 79.9 Å². The van der Waals surface area contributed by atoms with Crippen LogP contribution in [0.3, 0.4) is 0 Å². The monoisotopic (exact) mass is 350 g/mol. The molecular formula is C22H32F2O. The number of aryl methyl sites for hydroxylation is 1. The van der Waals surface area contributed by atoms with E-state index in [-0.39, 0.29) is 5.75 Å². The molecule has 4 unspecified atom stereocenters. The van der Waals surface area contributed by atoms with E-state index < -0.39 is 6.61 Å². The molecule has 0 saturated heterocycles. The molecular weight excluding hydrogens is 318 g/mol. The Balaban J connectivity index is 1.43. The molecule has 2 saturated carbocycles. The minimum atomic E-state index is -2.74. The number of alkyl halides is 2. The molecule has 25 heavy (non-hydrogen) atoms. The number of hydrogen-bond donors (Lipinski definition) is 0. The van der Waals surface area contributed by atoms with Crippen LogP contribution in [0.1, 0.15) is 70.3 Å². The molecule has 0 N–H and O–H groups in total. The molecule has 2 aliphatic carbocycles. The van der Waals surface area contributed by atoms with Gasteiger partial charge >= 0.3 is 6.61 Å². The van der Waals surface area contributed by atoms with Crippen LogP contribution >= 0.6 is 0 Å². The molecule has 140 valence electrons. The Kier molecular flexibility index (Phi) is 6.72. The fourth-order valence-electron chi connectivity index (χ4n) is 5.22. The molecule has 0 aromatic heterocycles. The third-order valence-electron chi connectivity index (χ3n) is 6.52. The molecule has 3 rings (SSSR count). The van der Waals surface area contributed by atoms with Crippen molar-refractivity contribution in [1.82, 2.24) is 0 Å². The largest absolute Gasteiger partial charge is 0.435 e. The van der Waals surface area contributed by atoms with E-state index >= 15 is 0 Å². The van der Waals surface area contributed by atoms with E-state index in [2.05, 4.69) is 11.7 Å². The van der Waals surface area contributed by atoms with Gasteiger partial charge in [0.1, 0.15) is 5.75 Å². The smallest absolute Gasteiger partial charge is 0.387 e. The lowest BCUT2D eigenvalue weighted by Gasteiger charge is -2.42. The van der Waals surface area contributed by atoms with E-state index in [1.165, 1.54) is 63.4 Å². The summed E-state index contributed by atoms with van der Waals surface area (Å²) in [7, 11) is 0. The first kappa shape index (κ1) is 18.7. The first-order valence-electron chi connectivity index (χ1n) is 10.2. The first-order chi connectivity index (χ1) is 12.1. The van der Waals surface area contributed by atoms with Gasteiger partial charge in [-0.25, -0.2) is 0 Å². The topological polar surface area (TPSA) is 9.23 Å². The lowest BCUT2D eigenvalue weighted by molar-refractivity contribution is -0.0498. The maximum Gasteiger partial charge on any atom is 0.387 e. The highest BCUT2D eigenvalue weighted by Crippen LogP contribution is 2.46. The van der Waals surface area contributed by atoms with Crippen molar-refractivity contribution in [2.24, 2.45) is 23.7 Å². The van der Waals surface area contributed by atoms with Gasteiger partial charge in [-0.1, -0.05) is 44.7 Å². The zero-order valence-electron chi connectivity index (χ0n) is 15.4. The van der Waals surface area contributed by atoms with Crippen LogP contribution in [-0.4, -0.2) is 6.61 Å². The van der Waals surface area contributed by atoms with Crippen LogP contribution in [-0.2, 0) is 6.42 Å². The Morgan fingerprint density at radius 2 is 1.52 bits per heavy atom. The normalized spacial score (nSPS) is 29.4. The number of halogens is 2. The third-order valence-corrected chi connectivity index (χ3v) is 6.52. The predicted octanol–water partition coefficient (Wildman–Crippen LogP) is 6.85. The van der Waals surface area contributed by atoms with Crippen molar-refractivity contribution in [3.05, 3.63) is 29.8 Å². The predicted molar refractivity (Wildman–Crippen MR) is 98.0 cm³/mol. The van der Waals surface area contributed by atoms with E-state index in [1.54, 1.807) is 12.1 Å². The van der Waals surface area contributed by atoms with Crippen molar-refractivity contribution < 1.29 is 13.5 Å². The molecule has 2 fully saturated rings. The summed E-state index contributed by atoms with van der Waals surface area (Å²) in [5.41, 5.74) is 1.23. The van der Waals surface area contributed by atoms with Crippen LogP contribution in [0.2, 0.25) is 0 Å². The van der Waals surface area contributed by atoms with Gasteiger partial charge in [0.2, 0.25) is 0 Å². The molecule has 0 spiro atoms. The Bertz CT molecular complexity index is 513.